The van der Waals surface area contributed by atoms with Gasteiger partial charge in [0.05, 0.1) is 15.5 Å². The van der Waals surface area contributed by atoms with Crippen LogP contribution < -0.4 is 5.32 Å². The van der Waals surface area contributed by atoms with Gasteiger partial charge in [-0.2, -0.15) is 0 Å². The maximum absolute atomic E-state index is 14.7. The number of benzene rings is 1. The SMILES string of the molecule is C#Cc1ccc(F)c([C@]2(C)C[S@@](=O)(=NC)C(C)(C)C(NC(=O)OC(C)(C)C)=N2)c1. The van der Waals surface area contributed by atoms with E-state index in [0.717, 1.165) is 0 Å². The molecule has 158 valence electrons. The molecule has 0 bridgehead atoms. The number of amidine groups is 1. The van der Waals surface area contributed by atoms with Crippen LogP contribution in [0.1, 0.15) is 52.7 Å². The highest BCUT2D eigenvalue weighted by atomic mass is 32.2. The topological polar surface area (TPSA) is 80.1 Å². The Morgan fingerprint density at radius 3 is 2.52 bits per heavy atom. The molecule has 0 fully saturated rings. The molecular formula is C21H28FN3O3S. The number of halogens is 1. The van der Waals surface area contributed by atoms with E-state index in [9.17, 15) is 13.4 Å². The number of terminal acetylenes is 1. The normalized spacial score (nSPS) is 26.1. The van der Waals surface area contributed by atoms with Gasteiger partial charge >= 0.3 is 6.09 Å². The highest BCUT2D eigenvalue weighted by molar-refractivity contribution is 7.95. The third kappa shape index (κ3) is 4.45. The van der Waals surface area contributed by atoms with Crippen LogP contribution >= 0.6 is 0 Å². The lowest BCUT2D eigenvalue weighted by Crippen LogP contribution is -2.57. The molecule has 1 aromatic carbocycles. The predicted molar refractivity (Wildman–Crippen MR) is 114 cm³/mol. The van der Waals surface area contributed by atoms with Gasteiger partial charge in [0.1, 0.15) is 27.5 Å². The van der Waals surface area contributed by atoms with Gasteiger partial charge in [-0.05, 0) is 59.7 Å². The van der Waals surface area contributed by atoms with Crippen LogP contribution in [0.25, 0.3) is 0 Å². The zero-order valence-corrected chi connectivity index (χ0v) is 18.7. The molecule has 1 aromatic rings. The molecule has 2 rings (SSSR count). The molecule has 0 spiro atoms. The van der Waals surface area contributed by atoms with E-state index in [4.69, 9.17) is 11.2 Å². The molecule has 1 amide bonds. The van der Waals surface area contributed by atoms with Crippen LogP contribution in [0.3, 0.4) is 0 Å². The van der Waals surface area contributed by atoms with E-state index < -0.39 is 37.5 Å². The minimum Gasteiger partial charge on any atom is -0.444 e. The van der Waals surface area contributed by atoms with E-state index in [2.05, 4.69) is 20.6 Å². The van der Waals surface area contributed by atoms with Crippen molar-refractivity contribution in [3.05, 3.63) is 35.1 Å². The standard InChI is InChI=1S/C21H28FN3O3S/c1-9-14-10-11-16(22)15(12-14)21(7)13-29(27,23-8)20(5,6)17(25-21)24-18(26)28-19(2,3)4/h1,10-12H,13H2,2-8H3,(H,24,25,26)/t21-,29-/m0/s1. The Morgan fingerprint density at radius 1 is 1.38 bits per heavy atom. The minimum absolute atomic E-state index is 0.0199. The molecule has 8 heteroatoms. The number of rotatable bonds is 1. The van der Waals surface area contributed by atoms with Gasteiger partial charge in [-0.1, -0.05) is 5.92 Å². The molecule has 0 aliphatic carbocycles. The first-order valence-electron chi connectivity index (χ1n) is 9.17. The second-order valence-electron chi connectivity index (χ2n) is 8.68. The molecule has 1 aliphatic rings. The van der Waals surface area contributed by atoms with E-state index in [1.54, 1.807) is 41.5 Å². The Morgan fingerprint density at radius 2 is 2.00 bits per heavy atom. The van der Waals surface area contributed by atoms with Gasteiger partial charge < -0.3 is 4.74 Å². The number of carbonyl (C=O) groups excluding carboxylic acids is 1. The number of aliphatic imine (C=N–C) groups is 1. The summed E-state index contributed by atoms with van der Waals surface area (Å²) in [5.41, 5.74) is -1.29. The van der Waals surface area contributed by atoms with E-state index in [-0.39, 0.29) is 17.2 Å². The third-order valence-electron chi connectivity index (χ3n) is 4.83. The second kappa shape index (κ2) is 7.45. The summed E-state index contributed by atoms with van der Waals surface area (Å²) in [5, 5.41) is 2.62. The number of ether oxygens (including phenoxy) is 1. The van der Waals surface area contributed by atoms with Crippen LogP contribution in [0.5, 0.6) is 0 Å². The van der Waals surface area contributed by atoms with Gasteiger partial charge in [0.15, 0.2) is 0 Å². The lowest BCUT2D eigenvalue weighted by Gasteiger charge is -2.41. The number of alkyl carbamates (subject to hydrolysis) is 1. The molecule has 1 N–H and O–H groups in total. The smallest absolute Gasteiger partial charge is 0.413 e. The Hall–Kier alpha value is -2.40. The fourth-order valence-corrected chi connectivity index (χ4v) is 5.49. The van der Waals surface area contributed by atoms with E-state index in [1.807, 2.05) is 0 Å². The zero-order chi connectivity index (χ0) is 22.3. The molecule has 1 aliphatic heterocycles. The van der Waals surface area contributed by atoms with Crippen molar-refractivity contribution in [3.8, 4) is 12.3 Å². The summed E-state index contributed by atoms with van der Waals surface area (Å²) < 4.78 is 36.9. The van der Waals surface area contributed by atoms with Gasteiger partial charge in [0.2, 0.25) is 0 Å². The Balaban J connectivity index is 2.67. The fraction of sp³-hybridized carbons (Fsp3) is 0.524. The maximum Gasteiger partial charge on any atom is 0.413 e. The summed E-state index contributed by atoms with van der Waals surface area (Å²) in [5.74, 6) is 2.05. The average Bonchev–Trinajstić information content (AvgIpc) is 2.58. The maximum atomic E-state index is 14.7. The molecule has 29 heavy (non-hydrogen) atoms. The van der Waals surface area contributed by atoms with Crippen molar-refractivity contribution < 1.29 is 18.1 Å². The Labute approximate surface area is 172 Å². The number of nitrogens with one attached hydrogen (secondary N) is 1. The van der Waals surface area contributed by atoms with Crippen LogP contribution in [0.2, 0.25) is 0 Å². The number of hydrogen-bond acceptors (Lipinski definition) is 5. The molecule has 0 unspecified atom stereocenters. The molecule has 2 atom stereocenters. The highest BCUT2D eigenvalue weighted by Crippen LogP contribution is 2.39. The van der Waals surface area contributed by atoms with Crippen LogP contribution in [0.15, 0.2) is 27.6 Å². The molecular weight excluding hydrogens is 393 g/mol. The van der Waals surface area contributed by atoms with Gasteiger partial charge in [0, 0.05) is 18.2 Å². The van der Waals surface area contributed by atoms with Crippen molar-refractivity contribution in [1.82, 2.24) is 5.32 Å². The summed E-state index contributed by atoms with van der Waals surface area (Å²) in [4.78, 5) is 17.0. The van der Waals surface area contributed by atoms with Crippen LogP contribution in [-0.4, -0.2) is 39.3 Å². The van der Waals surface area contributed by atoms with Crippen molar-refractivity contribution in [2.75, 3.05) is 12.8 Å². The molecule has 6 nitrogen and oxygen atoms in total. The summed E-state index contributed by atoms with van der Waals surface area (Å²) in [6.45, 7) is 10.2. The molecule has 0 radical (unpaired) electrons. The summed E-state index contributed by atoms with van der Waals surface area (Å²) >= 11 is 0. The largest absolute Gasteiger partial charge is 0.444 e. The number of amides is 1. The van der Waals surface area contributed by atoms with Crippen LogP contribution in [-0.2, 0) is 20.0 Å². The first kappa shape index (κ1) is 22.9. The van der Waals surface area contributed by atoms with E-state index in [1.165, 1.54) is 25.2 Å². The highest BCUT2D eigenvalue weighted by Gasteiger charge is 2.49. The number of nitrogens with zero attached hydrogens (tertiary/aromatic N) is 2. The zero-order valence-electron chi connectivity index (χ0n) is 17.9. The van der Waals surface area contributed by atoms with Crippen LogP contribution in [0.4, 0.5) is 9.18 Å². The average molecular weight is 422 g/mol. The molecule has 0 saturated heterocycles. The molecule has 0 aromatic heterocycles. The van der Waals surface area contributed by atoms with Crippen molar-refractivity contribution in [2.45, 2.75) is 57.4 Å². The van der Waals surface area contributed by atoms with E-state index >= 15 is 0 Å². The molecule has 0 saturated carbocycles. The van der Waals surface area contributed by atoms with Crippen molar-refractivity contribution >= 4 is 21.7 Å². The first-order valence-corrected chi connectivity index (χ1v) is 10.9. The summed E-state index contributed by atoms with van der Waals surface area (Å²) in [7, 11) is -1.48. The van der Waals surface area contributed by atoms with Crippen LogP contribution in [0, 0.1) is 18.2 Å². The summed E-state index contributed by atoms with van der Waals surface area (Å²) in [6, 6.07) is 4.26. The minimum atomic E-state index is -2.93. The Bertz CT molecular complexity index is 1020. The summed E-state index contributed by atoms with van der Waals surface area (Å²) in [6.07, 6.45) is 4.73. The lowest BCUT2D eigenvalue weighted by atomic mass is 9.92. The van der Waals surface area contributed by atoms with Crippen molar-refractivity contribution in [2.24, 2.45) is 9.36 Å². The first-order chi connectivity index (χ1) is 13.2. The van der Waals surface area contributed by atoms with Crippen molar-refractivity contribution in [3.63, 3.8) is 0 Å². The Kier molecular flexibility index (Phi) is 5.88. The van der Waals surface area contributed by atoms with E-state index in [0.29, 0.717) is 5.56 Å². The number of hydrogen-bond donors (Lipinski definition) is 1. The fourth-order valence-electron chi connectivity index (χ4n) is 3.16. The monoisotopic (exact) mass is 421 g/mol. The predicted octanol–water partition coefficient (Wildman–Crippen LogP) is 3.84. The molecule has 1 heterocycles. The van der Waals surface area contributed by atoms with Gasteiger partial charge in [-0.3, -0.25) is 10.3 Å². The number of carbonyl (C=O) groups is 1. The van der Waals surface area contributed by atoms with Crippen molar-refractivity contribution in [1.29, 1.82) is 0 Å². The van der Waals surface area contributed by atoms with Gasteiger partial charge in [-0.25, -0.2) is 17.8 Å². The second-order valence-corrected chi connectivity index (χ2v) is 11.6. The third-order valence-corrected chi connectivity index (χ3v) is 8.16. The van der Waals surface area contributed by atoms with Gasteiger partial charge in [0.25, 0.3) is 0 Å². The van der Waals surface area contributed by atoms with Gasteiger partial charge in [-0.15, -0.1) is 6.42 Å². The lowest BCUT2D eigenvalue weighted by molar-refractivity contribution is 0.0560. The quantitative estimate of drug-likeness (QED) is 0.700.